The van der Waals surface area contributed by atoms with Crippen LogP contribution < -0.4 is 0 Å². The maximum Gasteiger partial charge on any atom is 0.274 e. The molecule has 21 heavy (non-hydrogen) atoms. The quantitative estimate of drug-likeness (QED) is 0.813. The average Bonchev–Trinajstić information content (AvgIpc) is 2.67. The van der Waals surface area contributed by atoms with Crippen molar-refractivity contribution in [3.8, 4) is 0 Å². The number of aromatic nitrogens is 2. The van der Waals surface area contributed by atoms with E-state index in [1.54, 1.807) is 6.20 Å². The summed E-state index contributed by atoms with van der Waals surface area (Å²) >= 11 is 0. The summed E-state index contributed by atoms with van der Waals surface area (Å²) in [5.74, 6) is -0.123. The van der Waals surface area contributed by atoms with Crippen molar-refractivity contribution in [3.05, 3.63) is 23.8 Å². The molecule has 6 nitrogen and oxygen atoms in total. The first-order valence-electron chi connectivity index (χ1n) is 7.16. The first-order chi connectivity index (χ1) is 9.86. The number of amides is 1. The molecule has 0 spiro atoms. The van der Waals surface area contributed by atoms with Crippen molar-refractivity contribution in [2.75, 3.05) is 6.26 Å². The zero-order chi connectivity index (χ0) is 15.2. The molecule has 3 rings (SSSR count). The third-order valence-corrected chi connectivity index (χ3v) is 6.13. The lowest BCUT2D eigenvalue weighted by Crippen LogP contribution is -2.49. The van der Waals surface area contributed by atoms with Gasteiger partial charge >= 0.3 is 0 Å². The van der Waals surface area contributed by atoms with E-state index in [0.717, 1.165) is 18.5 Å². The topological polar surface area (TPSA) is 80.2 Å². The fourth-order valence-corrected chi connectivity index (χ4v) is 4.59. The molecule has 0 radical (unpaired) electrons. The lowest BCUT2D eigenvalue weighted by atomic mass is 10.0. The second-order valence-electron chi connectivity index (χ2n) is 6.06. The monoisotopic (exact) mass is 309 g/mol. The van der Waals surface area contributed by atoms with Crippen molar-refractivity contribution in [1.82, 2.24) is 14.9 Å². The number of rotatable bonds is 2. The van der Waals surface area contributed by atoms with Crippen LogP contribution in [0.2, 0.25) is 0 Å². The van der Waals surface area contributed by atoms with E-state index < -0.39 is 9.84 Å². The van der Waals surface area contributed by atoms with Gasteiger partial charge in [-0.2, -0.15) is 0 Å². The molecule has 0 aromatic carbocycles. The van der Waals surface area contributed by atoms with Gasteiger partial charge in [-0.15, -0.1) is 0 Å². The Hall–Kier alpha value is -1.50. The van der Waals surface area contributed by atoms with Gasteiger partial charge in [-0.3, -0.25) is 9.78 Å². The standard InChI is InChI=1S/C14H19N3O3S/c1-9-7-16-13(8-15-9)14(18)17-10-3-4-11(17)6-12(5-10)21(2,19)20/h7-8,10-12H,3-6H2,1-2H3. The predicted molar refractivity (Wildman–Crippen MR) is 77.6 cm³/mol. The van der Waals surface area contributed by atoms with Gasteiger partial charge in [-0.1, -0.05) is 0 Å². The molecule has 1 aromatic rings. The lowest BCUT2D eigenvalue weighted by Gasteiger charge is -2.38. The largest absolute Gasteiger partial charge is 0.331 e. The van der Waals surface area contributed by atoms with Crippen molar-refractivity contribution >= 4 is 15.7 Å². The van der Waals surface area contributed by atoms with Crippen LogP contribution in [0.25, 0.3) is 0 Å². The van der Waals surface area contributed by atoms with Gasteiger partial charge in [0.2, 0.25) is 0 Å². The smallest absolute Gasteiger partial charge is 0.274 e. The molecule has 7 heteroatoms. The minimum absolute atomic E-state index is 0.0130. The van der Waals surface area contributed by atoms with Crippen LogP contribution in [0.5, 0.6) is 0 Å². The number of nitrogens with zero attached hydrogens (tertiary/aromatic N) is 3. The number of carbonyl (C=O) groups excluding carboxylic acids is 1. The zero-order valence-electron chi connectivity index (χ0n) is 12.2. The third kappa shape index (κ3) is 2.66. The highest BCUT2D eigenvalue weighted by molar-refractivity contribution is 7.91. The van der Waals surface area contributed by atoms with E-state index in [9.17, 15) is 13.2 Å². The molecule has 0 N–H and O–H groups in total. The molecule has 2 fully saturated rings. The van der Waals surface area contributed by atoms with Crippen LogP contribution in [0.3, 0.4) is 0 Å². The van der Waals surface area contributed by atoms with Gasteiger partial charge < -0.3 is 4.90 Å². The molecule has 2 unspecified atom stereocenters. The fourth-order valence-electron chi connectivity index (χ4n) is 3.44. The zero-order valence-corrected chi connectivity index (χ0v) is 13.0. The summed E-state index contributed by atoms with van der Waals surface area (Å²) in [4.78, 5) is 22.7. The van der Waals surface area contributed by atoms with Crippen LogP contribution in [-0.4, -0.2) is 52.8 Å². The minimum Gasteiger partial charge on any atom is -0.331 e. The number of carbonyl (C=O) groups is 1. The number of piperidine rings is 1. The number of hydrogen-bond acceptors (Lipinski definition) is 5. The number of hydrogen-bond donors (Lipinski definition) is 0. The average molecular weight is 309 g/mol. The van der Waals surface area contributed by atoms with Gasteiger partial charge in [0.05, 0.1) is 17.1 Å². The molecule has 0 saturated carbocycles. The first kappa shape index (κ1) is 14.4. The number of fused-ring (bicyclic) bond motifs is 2. The second-order valence-corrected chi connectivity index (χ2v) is 8.39. The SMILES string of the molecule is Cc1cnc(C(=O)N2C3CCC2CC(S(C)(=O)=O)C3)cn1. The molecule has 2 aliphatic heterocycles. The van der Waals surface area contributed by atoms with E-state index in [1.807, 2.05) is 11.8 Å². The molecular formula is C14H19N3O3S. The summed E-state index contributed by atoms with van der Waals surface area (Å²) in [6.45, 7) is 1.82. The van der Waals surface area contributed by atoms with E-state index >= 15 is 0 Å². The summed E-state index contributed by atoms with van der Waals surface area (Å²) in [5, 5.41) is -0.317. The van der Waals surface area contributed by atoms with Gasteiger partial charge in [-0.05, 0) is 32.6 Å². The highest BCUT2D eigenvalue weighted by Gasteiger charge is 2.46. The molecule has 1 amide bonds. The van der Waals surface area contributed by atoms with Crippen molar-refractivity contribution in [3.63, 3.8) is 0 Å². The first-order valence-corrected chi connectivity index (χ1v) is 9.12. The number of sulfone groups is 1. The molecule has 2 atom stereocenters. The van der Waals surface area contributed by atoms with Crippen molar-refractivity contribution in [2.24, 2.45) is 0 Å². The minimum atomic E-state index is -3.04. The fraction of sp³-hybridized carbons (Fsp3) is 0.643. The van der Waals surface area contributed by atoms with Crippen molar-refractivity contribution < 1.29 is 13.2 Å². The normalized spacial score (nSPS) is 28.7. The van der Waals surface area contributed by atoms with Crippen LogP contribution in [0, 0.1) is 6.92 Å². The summed E-state index contributed by atoms with van der Waals surface area (Å²) < 4.78 is 23.5. The van der Waals surface area contributed by atoms with Crippen LogP contribution in [0.1, 0.15) is 41.9 Å². The molecule has 114 valence electrons. The molecular weight excluding hydrogens is 290 g/mol. The Kier molecular flexibility index (Phi) is 3.47. The van der Waals surface area contributed by atoms with Gasteiger partial charge in [0.25, 0.3) is 5.91 Å². The summed E-state index contributed by atoms with van der Waals surface area (Å²) in [5.41, 5.74) is 1.11. The summed E-state index contributed by atoms with van der Waals surface area (Å²) in [7, 11) is -3.04. The van der Waals surface area contributed by atoms with E-state index in [-0.39, 0.29) is 23.2 Å². The Balaban J connectivity index is 1.82. The van der Waals surface area contributed by atoms with Crippen LogP contribution in [0.4, 0.5) is 0 Å². The molecule has 3 heterocycles. The highest BCUT2D eigenvalue weighted by Crippen LogP contribution is 2.38. The van der Waals surface area contributed by atoms with Crippen LogP contribution in [0.15, 0.2) is 12.4 Å². The van der Waals surface area contributed by atoms with Crippen molar-refractivity contribution in [2.45, 2.75) is 49.9 Å². The van der Waals surface area contributed by atoms with Crippen molar-refractivity contribution in [1.29, 1.82) is 0 Å². The van der Waals surface area contributed by atoms with E-state index in [2.05, 4.69) is 9.97 Å². The Labute approximate surface area is 124 Å². The van der Waals surface area contributed by atoms with Gasteiger partial charge in [-0.25, -0.2) is 13.4 Å². The van der Waals surface area contributed by atoms with Crippen LogP contribution >= 0.6 is 0 Å². The maximum absolute atomic E-state index is 12.6. The Bertz CT molecular complexity index is 643. The van der Waals surface area contributed by atoms with E-state index in [1.165, 1.54) is 12.5 Å². The Morgan fingerprint density at radius 1 is 1.19 bits per heavy atom. The van der Waals surface area contributed by atoms with E-state index in [4.69, 9.17) is 0 Å². The number of aryl methyl sites for hydroxylation is 1. The molecule has 1 aromatic heterocycles. The molecule has 2 aliphatic rings. The lowest BCUT2D eigenvalue weighted by molar-refractivity contribution is 0.0591. The molecule has 2 bridgehead atoms. The Morgan fingerprint density at radius 2 is 1.81 bits per heavy atom. The van der Waals surface area contributed by atoms with Gasteiger partial charge in [0.15, 0.2) is 0 Å². The second kappa shape index (κ2) is 5.05. The van der Waals surface area contributed by atoms with Gasteiger partial charge in [0, 0.05) is 24.5 Å². The maximum atomic E-state index is 12.6. The van der Waals surface area contributed by atoms with Gasteiger partial charge in [0.1, 0.15) is 15.5 Å². The molecule has 0 aliphatic carbocycles. The molecule has 2 saturated heterocycles. The van der Waals surface area contributed by atoms with E-state index in [0.29, 0.717) is 18.5 Å². The third-order valence-electron chi connectivity index (χ3n) is 4.53. The Morgan fingerprint density at radius 3 is 2.29 bits per heavy atom. The predicted octanol–water partition coefficient (Wildman–Crippen LogP) is 0.965. The highest BCUT2D eigenvalue weighted by atomic mass is 32.2. The summed E-state index contributed by atoms with van der Waals surface area (Å²) in [6, 6.07) is 0.0261. The van der Waals surface area contributed by atoms with Crippen LogP contribution in [-0.2, 0) is 9.84 Å². The summed E-state index contributed by atoms with van der Waals surface area (Å²) in [6.07, 6.45) is 7.21.